The van der Waals surface area contributed by atoms with E-state index in [1.807, 2.05) is 85.5 Å². The van der Waals surface area contributed by atoms with E-state index in [1.54, 1.807) is 35.8 Å². The molecule has 0 aliphatic carbocycles. The predicted molar refractivity (Wildman–Crippen MR) is 123 cm³/mol. The maximum atomic E-state index is 11.6. The zero-order chi connectivity index (χ0) is 23.9. The SMILES string of the molecule is C[n+]1ccn(C(=O)OCc2ccccc2)c1.Cn1ccnc1.O=C(Cl)OCc1ccccc1.[Cl-]. The highest BCUT2D eigenvalue weighted by molar-refractivity contribution is 6.61. The second-order valence-electron chi connectivity index (χ2n) is 6.77. The van der Waals surface area contributed by atoms with Gasteiger partial charge in [-0.25, -0.2) is 14.3 Å². The van der Waals surface area contributed by atoms with Crippen LogP contribution in [-0.4, -0.2) is 25.6 Å². The first-order valence-electron chi connectivity index (χ1n) is 9.96. The second kappa shape index (κ2) is 16.1. The van der Waals surface area contributed by atoms with Crippen LogP contribution in [0.5, 0.6) is 0 Å². The fraction of sp³-hybridized carbons (Fsp3) is 0.167. The van der Waals surface area contributed by atoms with Crippen molar-refractivity contribution in [2.24, 2.45) is 14.1 Å². The van der Waals surface area contributed by atoms with E-state index >= 15 is 0 Å². The van der Waals surface area contributed by atoms with Gasteiger partial charge in [-0.05, 0) is 11.1 Å². The van der Waals surface area contributed by atoms with Gasteiger partial charge in [0.1, 0.15) is 25.6 Å². The standard InChI is InChI=1S/C12H13N2O2.C8H7ClO2.C4H6N2.ClH/c1-13-7-8-14(10-13)12(15)16-9-11-5-3-2-4-6-11;9-8(10)11-6-7-4-2-1-3-5-7;1-6-3-2-5-4-6;/h2-8,10H,9H2,1H3;1-5H,6H2;2-4H,1H3;1H/q+1;;;/p-1. The number of benzene rings is 2. The molecule has 2 aromatic heterocycles. The van der Waals surface area contributed by atoms with Gasteiger partial charge in [0, 0.05) is 31.0 Å². The molecule has 0 spiro atoms. The molecule has 180 valence electrons. The zero-order valence-electron chi connectivity index (χ0n) is 18.8. The highest BCUT2D eigenvalue weighted by Crippen LogP contribution is 2.02. The molecule has 0 atom stereocenters. The molecule has 0 aliphatic heterocycles. The van der Waals surface area contributed by atoms with Gasteiger partial charge >= 0.3 is 11.5 Å². The number of hydrogen-bond donors (Lipinski definition) is 0. The van der Waals surface area contributed by atoms with Gasteiger partial charge in [-0.3, -0.25) is 0 Å². The number of rotatable bonds is 4. The number of nitrogens with zero attached hydrogens (tertiary/aromatic N) is 4. The van der Waals surface area contributed by atoms with Crippen LogP contribution in [0.2, 0.25) is 0 Å². The summed E-state index contributed by atoms with van der Waals surface area (Å²) in [6.07, 6.45) is 10.1. The summed E-state index contributed by atoms with van der Waals surface area (Å²) >= 11 is 4.97. The van der Waals surface area contributed by atoms with Gasteiger partial charge in [0.25, 0.3) is 6.33 Å². The quantitative estimate of drug-likeness (QED) is 0.310. The van der Waals surface area contributed by atoms with Crippen LogP contribution in [0, 0.1) is 0 Å². The summed E-state index contributed by atoms with van der Waals surface area (Å²) in [5, 5.41) is 0. The van der Waals surface area contributed by atoms with E-state index in [9.17, 15) is 9.59 Å². The summed E-state index contributed by atoms with van der Waals surface area (Å²) in [6.45, 7) is 0.532. The molecule has 4 rings (SSSR count). The van der Waals surface area contributed by atoms with Crippen molar-refractivity contribution in [1.82, 2.24) is 14.1 Å². The lowest BCUT2D eigenvalue weighted by Crippen LogP contribution is -3.00. The topological polar surface area (TPSA) is 79.2 Å². The van der Waals surface area contributed by atoms with E-state index < -0.39 is 5.43 Å². The van der Waals surface area contributed by atoms with Gasteiger partial charge < -0.3 is 26.4 Å². The van der Waals surface area contributed by atoms with Gasteiger partial charge in [-0.1, -0.05) is 60.7 Å². The molecule has 4 aromatic rings. The Bertz CT molecular complexity index is 1090. The van der Waals surface area contributed by atoms with Crippen molar-refractivity contribution in [2.75, 3.05) is 0 Å². The third-order valence-corrected chi connectivity index (χ3v) is 4.13. The summed E-state index contributed by atoms with van der Waals surface area (Å²) in [5.41, 5.74) is 1.14. The molecule has 0 radical (unpaired) electrons. The number of imidazole rings is 2. The van der Waals surface area contributed by atoms with Crippen molar-refractivity contribution >= 4 is 23.1 Å². The summed E-state index contributed by atoms with van der Waals surface area (Å²) in [5.74, 6) is 0. The monoisotopic (exact) mass is 504 g/mol. The lowest BCUT2D eigenvalue weighted by atomic mass is 10.2. The molecule has 0 bridgehead atoms. The fourth-order valence-electron chi connectivity index (χ4n) is 2.39. The van der Waals surface area contributed by atoms with E-state index in [2.05, 4.69) is 9.72 Å². The third-order valence-electron chi connectivity index (χ3n) is 4.02. The maximum Gasteiger partial charge on any atom is 0.511 e. The molecule has 2 aromatic carbocycles. The van der Waals surface area contributed by atoms with Crippen LogP contribution >= 0.6 is 11.6 Å². The van der Waals surface area contributed by atoms with Gasteiger partial charge in [0.2, 0.25) is 0 Å². The van der Waals surface area contributed by atoms with Crippen molar-refractivity contribution in [3.63, 3.8) is 0 Å². The first-order valence-corrected chi connectivity index (χ1v) is 10.3. The third kappa shape index (κ3) is 11.8. The van der Waals surface area contributed by atoms with E-state index in [4.69, 9.17) is 16.3 Å². The van der Waals surface area contributed by atoms with E-state index in [0.29, 0.717) is 6.61 Å². The van der Waals surface area contributed by atoms with Crippen molar-refractivity contribution in [3.8, 4) is 0 Å². The van der Waals surface area contributed by atoms with E-state index in [-0.39, 0.29) is 25.1 Å². The number of aromatic nitrogens is 4. The van der Waals surface area contributed by atoms with Gasteiger partial charge in [-0.15, -0.1) is 4.57 Å². The Kier molecular flexibility index (Phi) is 13.4. The summed E-state index contributed by atoms with van der Waals surface area (Å²) in [7, 11) is 3.79. The van der Waals surface area contributed by atoms with Crippen molar-refractivity contribution in [1.29, 1.82) is 0 Å². The number of aryl methyl sites for hydroxylation is 2. The number of ether oxygens (including phenoxy) is 2. The molecule has 0 N–H and O–H groups in total. The second-order valence-corrected chi connectivity index (χ2v) is 7.08. The Balaban J connectivity index is 0.000000278. The average Bonchev–Trinajstić information content (AvgIpc) is 3.49. The minimum atomic E-state index is -0.770. The van der Waals surface area contributed by atoms with Crippen LogP contribution in [0.1, 0.15) is 11.1 Å². The smallest absolute Gasteiger partial charge is 0.511 e. The molecule has 34 heavy (non-hydrogen) atoms. The van der Waals surface area contributed by atoms with Crippen LogP contribution < -0.4 is 17.0 Å². The lowest BCUT2D eigenvalue weighted by molar-refractivity contribution is -0.670. The van der Waals surface area contributed by atoms with Crippen LogP contribution in [-0.2, 0) is 36.8 Å². The van der Waals surface area contributed by atoms with Gasteiger partial charge in [0.15, 0.2) is 0 Å². The molecule has 10 heteroatoms. The Morgan fingerprint density at radius 3 is 1.88 bits per heavy atom. The van der Waals surface area contributed by atoms with Gasteiger partial charge in [0.05, 0.1) is 13.4 Å². The number of carbonyl (C=O) groups is 2. The molecule has 0 unspecified atom stereocenters. The molecular weight excluding hydrogens is 479 g/mol. The summed E-state index contributed by atoms with van der Waals surface area (Å²) in [6, 6.07) is 19.0. The largest absolute Gasteiger partial charge is 1.00 e. The number of hydrogen-bond acceptors (Lipinski definition) is 5. The predicted octanol–water partition coefficient (Wildman–Crippen LogP) is 1.48. The van der Waals surface area contributed by atoms with Crippen LogP contribution in [0.25, 0.3) is 0 Å². The first kappa shape index (κ1) is 28.4. The molecule has 0 amide bonds. The van der Waals surface area contributed by atoms with E-state index in [1.165, 1.54) is 4.57 Å². The van der Waals surface area contributed by atoms with Crippen LogP contribution in [0.3, 0.4) is 0 Å². The number of halogens is 2. The van der Waals surface area contributed by atoms with Crippen molar-refractivity contribution < 1.29 is 36.0 Å². The Labute approximate surface area is 209 Å². The lowest BCUT2D eigenvalue weighted by Gasteiger charge is -2.00. The molecule has 0 saturated carbocycles. The summed E-state index contributed by atoms with van der Waals surface area (Å²) < 4.78 is 14.8. The fourth-order valence-corrected chi connectivity index (χ4v) is 2.45. The zero-order valence-corrected chi connectivity index (χ0v) is 20.3. The molecule has 0 saturated heterocycles. The highest BCUT2D eigenvalue weighted by Gasteiger charge is 2.12. The normalized spacial score (nSPS) is 9.26. The van der Waals surface area contributed by atoms with Gasteiger partial charge in [-0.2, -0.15) is 4.79 Å². The Morgan fingerprint density at radius 1 is 0.941 bits per heavy atom. The minimum absolute atomic E-state index is 0. The first-order chi connectivity index (χ1) is 15.9. The molecule has 2 heterocycles. The molecule has 0 aliphatic rings. The number of carbonyl (C=O) groups excluding carboxylic acids is 2. The van der Waals surface area contributed by atoms with Crippen molar-refractivity contribution in [2.45, 2.75) is 13.2 Å². The van der Waals surface area contributed by atoms with Crippen LogP contribution in [0.15, 0.2) is 98.1 Å². The van der Waals surface area contributed by atoms with E-state index in [0.717, 1.165) is 11.1 Å². The molecule has 0 fully saturated rings. The Hall–Kier alpha value is -3.62. The van der Waals surface area contributed by atoms with Crippen molar-refractivity contribution in [3.05, 3.63) is 109 Å². The average molecular weight is 505 g/mol. The molecular formula is C24H26Cl2N4O4. The Morgan fingerprint density at radius 2 is 1.50 bits per heavy atom. The van der Waals surface area contributed by atoms with Crippen LogP contribution in [0.4, 0.5) is 9.59 Å². The maximum absolute atomic E-state index is 11.6. The molecule has 8 nitrogen and oxygen atoms in total. The highest BCUT2D eigenvalue weighted by atomic mass is 35.5. The summed E-state index contributed by atoms with van der Waals surface area (Å²) in [4.78, 5) is 25.5. The minimum Gasteiger partial charge on any atom is -1.00 e.